The summed E-state index contributed by atoms with van der Waals surface area (Å²) < 4.78 is 5.28. The highest BCUT2D eigenvalue weighted by atomic mass is 32.1. The van der Waals surface area contributed by atoms with Crippen LogP contribution in [-0.2, 0) is 19.3 Å². The van der Waals surface area contributed by atoms with E-state index < -0.39 is 0 Å². The van der Waals surface area contributed by atoms with Gasteiger partial charge in [0.1, 0.15) is 16.8 Å². The van der Waals surface area contributed by atoms with E-state index in [-0.39, 0.29) is 5.91 Å². The van der Waals surface area contributed by atoms with Gasteiger partial charge in [0.15, 0.2) is 5.69 Å². The predicted octanol–water partition coefficient (Wildman–Crippen LogP) is 3.61. The lowest BCUT2D eigenvalue weighted by Gasteiger charge is -2.09. The summed E-state index contributed by atoms with van der Waals surface area (Å²) in [5.74, 6) is 0.542. The molecule has 114 valence electrons. The Labute approximate surface area is 132 Å². The van der Waals surface area contributed by atoms with Gasteiger partial charge in [-0.15, -0.1) is 11.3 Å². The zero-order chi connectivity index (χ0) is 15.7. The second-order valence-corrected chi connectivity index (χ2v) is 6.63. The SMILES string of the molecule is CCc1c(C)sc(NC(=O)c2noc3c2CCCC3)c1C#N. The molecule has 0 aliphatic heterocycles. The van der Waals surface area contributed by atoms with Gasteiger partial charge in [0, 0.05) is 16.9 Å². The third kappa shape index (κ3) is 2.42. The third-order valence-electron chi connectivity index (χ3n) is 4.07. The molecule has 22 heavy (non-hydrogen) atoms. The second kappa shape index (κ2) is 5.93. The summed E-state index contributed by atoms with van der Waals surface area (Å²) in [4.78, 5) is 13.6. The highest BCUT2D eigenvalue weighted by molar-refractivity contribution is 7.16. The zero-order valence-corrected chi connectivity index (χ0v) is 13.5. The third-order valence-corrected chi connectivity index (χ3v) is 5.13. The van der Waals surface area contributed by atoms with Gasteiger partial charge in [0.2, 0.25) is 0 Å². The summed E-state index contributed by atoms with van der Waals surface area (Å²) in [7, 11) is 0. The summed E-state index contributed by atoms with van der Waals surface area (Å²) >= 11 is 1.44. The molecule has 0 aromatic carbocycles. The molecule has 0 unspecified atom stereocenters. The normalized spacial score (nSPS) is 13.5. The molecule has 3 rings (SSSR count). The van der Waals surface area contributed by atoms with Crippen molar-refractivity contribution in [1.29, 1.82) is 5.26 Å². The molecule has 0 saturated heterocycles. The molecular formula is C16H17N3O2S. The number of rotatable bonds is 3. The van der Waals surface area contributed by atoms with Gasteiger partial charge < -0.3 is 9.84 Å². The van der Waals surface area contributed by atoms with E-state index in [4.69, 9.17) is 4.52 Å². The van der Waals surface area contributed by atoms with E-state index >= 15 is 0 Å². The van der Waals surface area contributed by atoms with Crippen molar-refractivity contribution in [2.24, 2.45) is 0 Å². The first-order valence-corrected chi connectivity index (χ1v) is 8.28. The van der Waals surface area contributed by atoms with Crippen LogP contribution in [0, 0.1) is 18.3 Å². The Morgan fingerprint density at radius 2 is 2.23 bits per heavy atom. The molecule has 0 saturated carbocycles. The van der Waals surface area contributed by atoms with E-state index in [0.29, 0.717) is 16.3 Å². The molecule has 0 fully saturated rings. The zero-order valence-electron chi connectivity index (χ0n) is 12.7. The Kier molecular flexibility index (Phi) is 3.99. The van der Waals surface area contributed by atoms with Crippen molar-refractivity contribution in [3.63, 3.8) is 0 Å². The van der Waals surface area contributed by atoms with E-state index in [0.717, 1.165) is 53.9 Å². The van der Waals surface area contributed by atoms with Crippen molar-refractivity contribution in [2.75, 3.05) is 5.32 Å². The van der Waals surface area contributed by atoms with Gasteiger partial charge >= 0.3 is 0 Å². The van der Waals surface area contributed by atoms with Gasteiger partial charge in [0.05, 0.1) is 5.56 Å². The fourth-order valence-electron chi connectivity index (χ4n) is 2.94. The molecule has 0 atom stereocenters. The molecule has 2 heterocycles. The predicted molar refractivity (Wildman–Crippen MR) is 84.2 cm³/mol. The second-order valence-electron chi connectivity index (χ2n) is 5.40. The van der Waals surface area contributed by atoms with E-state index in [1.54, 1.807) is 0 Å². The van der Waals surface area contributed by atoms with Crippen LogP contribution in [0.3, 0.4) is 0 Å². The average Bonchev–Trinajstić information content (AvgIpc) is 3.07. The van der Waals surface area contributed by atoms with Crippen LogP contribution in [0.4, 0.5) is 5.00 Å². The first kappa shape index (κ1) is 14.8. The fourth-order valence-corrected chi connectivity index (χ4v) is 4.03. The van der Waals surface area contributed by atoms with Crippen LogP contribution < -0.4 is 5.32 Å². The highest BCUT2D eigenvalue weighted by Crippen LogP contribution is 2.33. The minimum atomic E-state index is -0.285. The molecule has 1 aliphatic rings. The smallest absolute Gasteiger partial charge is 0.278 e. The number of aromatic nitrogens is 1. The molecule has 2 aromatic rings. The van der Waals surface area contributed by atoms with E-state index in [1.165, 1.54) is 11.3 Å². The van der Waals surface area contributed by atoms with Crippen LogP contribution in [0.5, 0.6) is 0 Å². The van der Waals surface area contributed by atoms with Crippen molar-refractivity contribution in [3.8, 4) is 6.07 Å². The van der Waals surface area contributed by atoms with E-state index in [2.05, 4.69) is 16.5 Å². The number of anilines is 1. The van der Waals surface area contributed by atoms with E-state index in [9.17, 15) is 10.1 Å². The summed E-state index contributed by atoms with van der Waals surface area (Å²) in [6, 6.07) is 2.20. The van der Waals surface area contributed by atoms with Crippen LogP contribution in [0.1, 0.15) is 57.6 Å². The topological polar surface area (TPSA) is 78.9 Å². The summed E-state index contributed by atoms with van der Waals surface area (Å²) in [5, 5.41) is 16.7. The molecule has 1 aliphatic carbocycles. The summed E-state index contributed by atoms with van der Waals surface area (Å²) in [5.41, 5.74) is 2.86. The van der Waals surface area contributed by atoms with Crippen LogP contribution in [0.15, 0.2) is 4.52 Å². The minimum Gasteiger partial charge on any atom is -0.360 e. The lowest BCUT2D eigenvalue weighted by atomic mass is 9.96. The van der Waals surface area contributed by atoms with Gasteiger partial charge in [-0.1, -0.05) is 12.1 Å². The van der Waals surface area contributed by atoms with Gasteiger partial charge in [0.25, 0.3) is 5.91 Å². The molecule has 1 N–H and O–H groups in total. The fraction of sp³-hybridized carbons (Fsp3) is 0.438. The molecule has 6 heteroatoms. The molecule has 0 radical (unpaired) electrons. The number of nitrogens with one attached hydrogen (secondary N) is 1. The Bertz CT molecular complexity index is 767. The number of hydrogen-bond donors (Lipinski definition) is 1. The number of nitriles is 1. The van der Waals surface area contributed by atoms with Crippen LogP contribution in [0.2, 0.25) is 0 Å². The van der Waals surface area contributed by atoms with E-state index in [1.807, 2.05) is 13.8 Å². The maximum Gasteiger partial charge on any atom is 0.278 e. The maximum absolute atomic E-state index is 12.5. The molecule has 0 bridgehead atoms. The highest BCUT2D eigenvalue weighted by Gasteiger charge is 2.25. The number of carbonyl (C=O) groups excluding carboxylic acids is 1. The van der Waals surface area contributed by atoms with Gasteiger partial charge in [-0.25, -0.2) is 0 Å². The Morgan fingerprint density at radius 3 is 2.95 bits per heavy atom. The minimum absolute atomic E-state index is 0.285. The largest absolute Gasteiger partial charge is 0.360 e. The number of thiophene rings is 1. The lowest BCUT2D eigenvalue weighted by Crippen LogP contribution is -2.15. The van der Waals surface area contributed by atoms with Gasteiger partial charge in [-0.05, 0) is 38.2 Å². The number of hydrogen-bond acceptors (Lipinski definition) is 5. The van der Waals surface area contributed by atoms with Gasteiger partial charge in [-0.3, -0.25) is 4.79 Å². The van der Waals surface area contributed by atoms with Crippen molar-refractivity contribution < 1.29 is 9.32 Å². The number of aryl methyl sites for hydroxylation is 2. The maximum atomic E-state index is 12.5. The quantitative estimate of drug-likeness (QED) is 0.938. The Hall–Kier alpha value is -2.13. The summed E-state index contributed by atoms with van der Waals surface area (Å²) in [6.45, 7) is 3.98. The monoisotopic (exact) mass is 315 g/mol. The Balaban J connectivity index is 1.89. The molecule has 1 amide bonds. The Morgan fingerprint density at radius 1 is 1.45 bits per heavy atom. The summed E-state index contributed by atoms with van der Waals surface area (Å²) in [6.07, 6.45) is 4.58. The molecular weight excluding hydrogens is 298 g/mol. The molecule has 0 spiro atoms. The van der Waals surface area contributed by atoms with Crippen molar-refractivity contribution in [1.82, 2.24) is 5.16 Å². The van der Waals surface area contributed by atoms with Crippen molar-refractivity contribution in [3.05, 3.63) is 33.0 Å². The number of fused-ring (bicyclic) bond motifs is 1. The van der Waals surface area contributed by atoms with Crippen LogP contribution >= 0.6 is 11.3 Å². The first-order chi connectivity index (χ1) is 10.7. The van der Waals surface area contributed by atoms with Crippen LogP contribution in [-0.4, -0.2) is 11.1 Å². The number of nitrogens with zero attached hydrogens (tertiary/aromatic N) is 2. The average molecular weight is 315 g/mol. The molecule has 5 nitrogen and oxygen atoms in total. The van der Waals surface area contributed by atoms with Crippen LogP contribution in [0.25, 0.3) is 0 Å². The van der Waals surface area contributed by atoms with Crippen molar-refractivity contribution in [2.45, 2.75) is 46.0 Å². The number of carbonyl (C=O) groups is 1. The van der Waals surface area contributed by atoms with Crippen molar-refractivity contribution >= 4 is 22.2 Å². The first-order valence-electron chi connectivity index (χ1n) is 7.46. The van der Waals surface area contributed by atoms with Gasteiger partial charge in [-0.2, -0.15) is 5.26 Å². The standard InChI is InChI=1S/C16H17N3O2S/c1-3-10-9(2)22-16(12(10)8-17)18-15(20)14-11-6-4-5-7-13(11)21-19-14/h3-7H2,1-2H3,(H,18,20). The lowest BCUT2D eigenvalue weighted by molar-refractivity contribution is 0.101. The number of amides is 1. The molecule has 2 aromatic heterocycles.